The summed E-state index contributed by atoms with van der Waals surface area (Å²) in [5.74, 6) is 0. The first-order chi connectivity index (χ1) is 13.0. The highest BCUT2D eigenvalue weighted by Crippen LogP contribution is 2.28. The van der Waals surface area contributed by atoms with Crippen molar-refractivity contribution in [3.63, 3.8) is 0 Å². The first kappa shape index (κ1) is 20.0. The van der Waals surface area contributed by atoms with Crippen LogP contribution in [0.25, 0.3) is 11.3 Å². The summed E-state index contributed by atoms with van der Waals surface area (Å²) in [7, 11) is 1.79. The van der Waals surface area contributed by atoms with Crippen molar-refractivity contribution < 1.29 is 0 Å². The van der Waals surface area contributed by atoms with Gasteiger partial charge in [-0.05, 0) is 38.0 Å². The van der Waals surface area contributed by atoms with E-state index < -0.39 is 0 Å². The van der Waals surface area contributed by atoms with Gasteiger partial charge in [-0.15, -0.1) is 12.4 Å². The molecule has 5 nitrogen and oxygen atoms in total. The molecule has 1 aliphatic heterocycles. The molecule has 3 aromatic rings. The molecule has 0 saturated heterocycles. The van der Waals surface area contributed by atoms with E-state index in [0.717, 1.165) is 40.3 Å². The Morgan fingerprint density at radius 2 is 1.71 bits per heavy atom. The average molecular weight is 397 g/mol. The van der Waals surface area contributed by atoms with Crippen LogP contribution in [0.3, 0.4) is 0 Å². The molecule has 1 aliphatic rings. The van der Waals surface area contributed by atoms with Gasteiger partial charge in [0, 0.05) is 37.5 Å². The number of rotatable bonds is 1. The molecule has 28 heavy (non-hydrogen) atoms. The predicted molar refractivity (Wildman–Crippen MR) is 117 cm³/mol. The van der Waals surface area contributed by atoms with E-state index in [-0.39, 0.29) is 18.1 Å². The van der Waals surface area contributed by atoms with Crippen LogP contribution in [-0.4, -0.2) is 15.7 Å². The number of nitrogens with one attached hydrogen (secondary N) is 1. The Morgan fingerprint density at radius 1 is 1.04 bits per heavy atom. The number of aryl methyl sites for hydroxylation is 3. The molecule has 2 aromatic carbocycles. The second kappa shape index (κ2) is 7.68. The molecule has 146 valence electrons. The number of para-hydroxylation sites is 1. The van der Waals surface area contributed by atoms with Crippen LogP contribution in [-0.2, 0) is 13.6 Å². The highest BCUT2D eigenvalue weighted by molar-refractivity contribution is 5.85. The molecule has 4 rings (SSSR count). The Hall–Kier alpha value is -2.79. The third kappa shape index (κ3) is 3.38. The van der Waals surface area contributed by atoms with Gasteiger partial charge in [-0.1, -0.05) is 35.9 Å². The number of halogens is 1. The van der Waals surface area contributed by atoms with Crippen LogP contribution in [0.2, 0.25) is 0 Å². The van der Waals surface area contributed by atoms with Crippen LogP contribution >= 0.6 is 12.4 Å². The molecule has 0 amide bonds. The third-order valence-electron chi connectivity index (χ3n) is 5.13. The molecule has 0 saturated carbocycles. The zero-order valence-corrected chi connectivity index (χ0v) is 17.4. The van der Waals surface area contributed by atoms with Gasteiger partial charge in [-0.25, -0.2) is 9.79 Å². The van der Waals surface area contributed by atoms with Crippen LogP contribution in [0.1, 0.15) is 16.7 Å². The fraction of sp³-hybridized carbons (Fsp3) is 0.273. The van der Waals surface area contributed by atoms with Gasteiger partial charge in [-0.3, -0.25) is 9.13 Å². The quantitative estimate of drug-likeness (QED) is 0.679. The van der Waals surface area contributed by atoms with E-state index in [1.807, 2.05) is 34.9 Å². The molecule has 0 atom stereocenters. The number of anilines is 1. The lowest BCUT2D eigenvalue weighted by atomic mass is 10.1. The SMILES string of the molecule is Cc1cc(C)c(N=c2cc3n(c(=O)n2C)CCNc2ccccc2-3)c(C)c1.Cl. The summed E-state index contributed by atoms with van der Waals surface area (Å²) in [6.07, 6.45) is 0. The summed E-state index contributed by atoms with van der Waals surface area (Å²) in [5, 5.41) is 3.41. The molecule has 6 heteroatoms. The van der Waals surface area contributed by atoms with E-state index in [1.54, 1.807) is 11.6 Å². The molecule has 0 unspecified atom stereocenters. The Bertz CT molecular complexity index is 1150. The van der Waals surface area contributed by atoms with E-state index in [2.05, 4.69) is 38.2 Å². The monoisotopic (exact) mass is 396 g/mol. The molecule has 0 fully saturated rings. The minimum atomic E-state index is -0.0489. The largest absolute Gasteiger partial charge is 0.383 e. The van der Waals surface area contributed by atoms with E-state index in [0.29, 0.717) is 12.0 Å². The first-order valence-electron chi connectivity index (χ1n) is 9.22. The lowest BCUT2D eigenvalue weighted by Gasteiger charge is -2.13. The van der Waals surface area contributed by atoms with Gasteiger partial charge in [0.2, 0.25) is 0 Å². The molecule has 1 N–H and O–H groups in total. The second-order valence-electron chi connectivity index (χ2n) is 7.21. The van der Waals surface area contributed by atoms with Gasteiger partial charge >= 0.3 is 5.69 Å². The Morgan fingerprint density at radius 3 is 2.43 bits per heavy atom. The first-order valence-corrected chi connectivity index (χ1v) is 9.22. The third-order valence-corrected chi connectivity index (χ3v) is 5.13. The predicted octanol–water partition coefficient (Wildman–Crippen LogP) is 3.86. The summed E-state index contributed by atoms with van der Waals surface area (Å²) in [4.78, 5) is 17.9. The van der Waals surface area contributed by atoms with E-state index in [4.69, 9.17) is 4.99 Å². The summed E-state index contributed by atoms with van der Waals surface area (Å²) in [6, 6.07) is 14.4. The van der Waals surface area contributed by atoms with Gasteiger partial charge in [0.25, 0.3) is 0 Å². The number of aromatic nitrogens is 2. The van der Waals surface area contributed by atoms with Crippen LogP contribution in [0.4, 0.5) is 11.4 Å². The summed E-state index contributed by atoms with van der Waals surface area (Å²) in [5.41, 5.74) is 7.97. The number of nitrogens with zero attached hydrogens (tertiary/aromatic N) is 3. The van der Waals surface area contributed by atoms with E-state index in [9.17, 15) is 4.79 Å². The van der Waals surface area contributed by atoms with Crippen molar-refractivity contribution in [3.05, 3.63) is 75.1 Å². The zero-order chi connectivity index (χ0) is 19.1. The standard InChI is InChI=1S/C22H24N4O.ClH/c1-14-11-15(2)21(16(3)12-14)24-20-13-19-17-7-5-6-8-18(17)23-9-10-26(19)22(27)25(20)4;/h5-8,11-13,23H,9-10H2,1-4H3;1H. The maximum Gasteiger partial charge on any atom is 0.329 e. The van der Waals surface area contributed by atoms with Crippen molar-refractivity contribution in [1.29, 1.82) is 0 Å². The van der Waals surface area contributed by atoms with Crippen molar-refractivity contribution in [1.82, 2.24) is 9.13 Å². The Balaban J connectivity index is 0.00000225. The number of fused-ring (bicyclic) bond motifs is 3. The van der Waals surface area contributed by atoms with Gasteiger partial charge in [0.15, 0.2) is 0 Å². The molecule has 0 aliphatic carbocycles. The topological polar surface area (TPSA) is 51.3 Å². The fourth-order valence-electron chi connectivity index (χ4n) is 3.85. The zero-order valence-electron chi connectivity index (χ0n) is 16.6. The Labute approximate surface area is 170 Å². The summed E-state index contributed by atoms with van der Waals surface area (Å²) in [6.45, 7) is 7.56. The van der Waals surface area contributed by atoms with Crippen molar-refractivity contribution in [3.8, 4) is 11.3 Å². The van der Waals surface area contributed by atoms with Gasteiger partial charge in [0.1, 0.15) is 5.49 Å². The maximum absolute atomic E-state index is 13.0. The van der Waals surface area contributed by atoms with E-state index >= 15 is 0 Å². The molecule has 0 radical (unpaired) electrons. The molecule has 1 aromatic heterocycles. The molecule has 2 heterocycles. The summed E-state index contributed by atoms with van der Waals surface area (Å²) >= 11 is 0. The molecular weight excluding hydrogens is 372 g/mol. The molecular formula is C22H25ClN4O. The van der Waals surface area contributed by atoms with Crippen LogP contribution in [0.5, 0.6) is 0 Å². The maximum atomic E-state index is 13.0. The van der Waals surface area contributed by atoms with Crippen LogP contribution in [0, 0.1) is 20.8 Å². The molecule has 0 bridgehead atoms. The smallest absolute Gasteiger partial charge is 0.329 e. The van der Waals surface area contributed by atoms with Gasteiger partial charge in [-0.2, -0.15) is 0 Å². The number of benzene rings is 2. The number of hydrogen-bond donors (Lipinski definition) is 1. The highest BCUT2D eigenvalue weighted by Gasteiger charge is 2.16. The van der Waals surface area contributed by atoms with Gasteiger partial charge in [0.05, 0.1) is 11.4 Å². The van der Waals surface area contributed by atoms with Crippen molar-refractivity contribution in [2.24, 2.45) is 12.0 Å². The van der Waals surface area contributed by atoms with Crippen LogP contribution < -0.4 is 16.5 Å². The van der Waals surface area contributed by atoms with Gasteiger partial charge < -0.3 is 5.32 Å². The highest BCUT2D eigenvalue weighted by atomic mass is 35.5. The Kier molecular flexibility index (Phi) is 5.47. The fourth-order valence-corrected chi connectivity index (χ4v) is 3.85. The minimum absolute atomic E-state index is 0. The lowest BCUT2D eigenvalue weighted by molar-refractivity contribution is 0.621. The lowest BCUT2D eigenvalue weighted by Crippen LogP contribution is -2.39. The van der Waals surface area contributed by atoms with Crippen molar-refractivity contribution in [2.45, 2.75) is 27.3 Å². The second-order valence-corrected chi connectivity index (χ2v) is 7.21. The van der Waals surface area contributed by atoms with E-state index in [1.165, 1.54) is 5.56 Å². The average Bonchev–Trinajstić information content (AvgIpc) is 2.81. The van der Waals surface area contributed by atoms with Crippen molar-refractivity contribution in [2.75, 3.05) is 11.9 Å². The molecule has 0 spiro atoms. The normalized spacial score (nSPS) is 13.1. The van der Waals surface area contributed by atoms with Crippen LogP contribution in [0.15, 0.2) is 52.3 Å². The minimum Gasteiger partial charge on any atom is -0.383 e. The number of hydrogen-bond acceptors (Lipinski definition) is 3. The van der Waals surface area contributed by atoms with Crippen molar-refractivity contribution >= 4 is 23.8 Å². The summed E-state index contributed by atoms with van der Waals surface area (Å²) < 4.78 is 3.46.